The van der Waals surface area contributed by atoms with Crippen molar-refractivity contribution in [2.75, 3.05) is 6.54 Å². The quantitative estimate of drug-likeness (QED) is 0.882. The molecule has 1 heterocycles. The van der Waals surface area contributed by atoms with Crippen molar-refractivity contribution < 1.29 is 4.39 Å². The van der Waals surface area contributed by atoms with Gasteiger partial charge in [-0.2, -0.15) is 5.10 Å². The third-order valence-corrected chi connectivity index (χ3v) is 3.86. The number of nitrogens with zero attached hydrogens (tertiary/aromatic N) is 2. The third-order valence-electron chi connectivity index (χ3n) is 3.39. The van der Waals surface area contributed by atoms with Crippen LogP contribution in [0.15, 0.2) is 0 Å². The first-order chi connectivity index (χ1) is 7.48. The largest absolute Gasteiger partial charge is 0.328 e. The summed E-state index contributed by atoms with van der Waals surface area (Å²) in [4.78, 5) is 0. The highest BCUT2D eigenvalue weighted by atomic mass is 35.5. The number of halogens is 2. The van der Waals surface area contributed by atoms with Gasteiger partial charge in [0.1, 0.15) is 10.8 Å². The molecule has 0 aliphatic heterocycles. The Morgan fingerprint density at radius 3 is 2.62 bits per heavy atom. The van der Waals surface area contributed by atoms with Crippen molar-refractivity contribution >= 4 is 11.6 Å². The second-order valence-electron chi connectivity index (χ2n) is 4.67. The zero-order valence-corrected chi connectivity index (χ0v) is 10.4. The SMILES string of the molecule is Cc1nn(C)c(Cl)c1CC(F)(CN)C1CC1. The van der Waals surface area contributed by atoms with Crippen LogP contribution in [0.4, 0.5) is 4.39 Å². The van der Waals surface area contributed by atoms with Gasteiger partial charge in [0.2, 0.25) is 0 Å². The standard InChI is InChI=1S/C11H17ClFN3/c1-7-9(10(12)16(2)15-7)5-11(13,6-14)8-3-4-8/h8H,3-6,14H2,1-2H3. The van der Waals surface area contributed by atoms with E-state index in [1.807, 2.05) is 6.92 Å². The third kappa shape index (κ3) is 1.96. The van der Waals surface area contributed by atoms with Crippen molar-refractivity contribution in [1.29, 1.82) is 0 Å². The Labute approximate surface area is 99.8 Å². The Morgan fingerprint density at radius 2 is 2.25 bits per heavy atom. The van der Waals surface area contributed by atoms with E-state index in [0.717, 1.165) is 24.1 Å². The summed E-state index contributed by atoms with van der Waals surface area (Å²) in [6.45, 7) is 1.91. The molecule has 1 saturated carbocycles. The summed E-state index contributed by atoms with van der Waals surface area (Å²) in [6, 6.07) is 0. The molecule has 0 amide bonds. The molecular weight excluding hydrogens is 229 g/mol. The number of alkyl halides is 1. The molecule has 1 aromatic heterocycles. The number of hydrogen-bond acceptors (Lipinski definition) is 2. The molecule has 1 unspecified atom stereocenters. The van der Waals surface area contributed by atoms with Crippen LogP contribution >= 0.6 is 11.6 Å². The van der Waals surface area contributed by atoms with Gasteiger partial charge in [0.15, 0.2) is 0 Å². The average Bonchev–Trinajstić information content (AvgIpc) is 3.05. The molecule has 3 nitrogen and oxygen atoms in total. The minimum Gasteiger partial charge on any atom is -0.328 e. The summed E-state index contributed by atoms with van der Waals surface area (Å²) < 4.78 is 16.1. The maximum atomic E-state index is 14.5. The van der Waals surface area contributed by atoms with E-state index in [-0.39, 0.29) is 18.9 Å². The molecule has 16 heavy (non-hydrogen) atoms. The van der Waals surface area contributed by atoms with Crippen LogP contribution in [0.5, 0.6) is 0 Å². The summed E-state index contributed by atoms with van der Waals surface area (Å²) in [5, 5.41) is 4.71. The molecular formula is C11H17ClFN3. The van der Waals surface area contributed by atoms with E-state index >= 15 is 0 Å². The summed E-state index contributed by atoms with van der Waals surface area (Å²) in [6.07, 6.45) is 2.15. The molecule has 2 N–H and O–H groups in total. The molecule has 2 rings (SSSR count). The summed E-state index contributed by atoms with van der Waals surface area (Å²) >= 11 is 6.10. The number of hydrogen-bond donors (Lipinski definition) is 1. The molecule has 1 aromatic rings. The smallest absolute Gasteiger partial charge is 0.130 e. The van der Waals surface area contributed by atoms with Crippen molar-refractivity contribution in [3.05, 3.63) is 16.4 Å². The van der Waals surface area contributed by atoms with E-state index in [2.05, 4.69) is 5.10 Å². The van der Waals surface area contributed by atoms with E-state index < -0.39 is 5.67 Å². The molecule has 0 aromatic carbocycles. The normalized spacial score (nSPS) is 19.8. The number of nitrogens with two attached hydrogens (primary N) is 1. The molecule has 1 atom stereocenters. The van der Waals surface area contributed by atoms with Crippen LogP contribution in [0.1, 0.15) is 24.1 Å². The summed E-state index contributed by atoms with van der Waals surface area (Å²) in [5.41, 5.74) is 5.84. The molecule has 0 radical (unpaired) electrons. The molecule has 1 fully saturated rings. The lowest BCUT2D eigenvalue weighted by Crippen LogP contribution is -2.37. The average molecular weight is 246 g/mol. The number of aromatic nitrogens is 2. The summed E-state index contributed by atoms with van der Waals surface area (Å²) in [5.74, 6) is 0.105. The topological polar surface area (TPSA) is 43.8 Å². The fourth-order valence-corrected chi connectivity index (χ4v) is 2.39. The first-order valence-electron chi connectivity index (χ1n) is 5.55. The van der Waals surface area contributed by atoms with E-state index in [4.69, 9.17) is 17.3 Å². The lowest BCUT2D eigenvalue weighted by molar-refractivity contribution is 0.142. The summed E-state index contributed by atoms with van der Waals surface area (Å²) in [7, 11) is 1.76. The fourth-order valence-electron chi connectivity index (χ4n) is 2.15. The van der Waals surface area contributed by atoms with Gasteiger partial charge in [-0.15, -0.1) is 0 Å². The molecule has 0 saturated heterocycles. The first-order valence-corrected chi connectivity index (χ1v) is 5.92. The van der Waals surface area contributed by atoms with Crippen LogP contribution in [0.3, 0.4) is 0 Å². The van der Waals surface area contributed by atoms with E-state index in [1.54, 1.807) is 11.7 Å². The van der Waals surface area contributed by atoms with Gasteiger partial charge in [-0.25, -0.2) is 4.39 Å². The highest BCUT2D eigenvalue weighted by Crippen LogP contribution is 2.44. The van der Waals surface area contributed by atoms with E-state index in [0.29, 0.717) is 5.15 Å². The zero-order chi connectivity index (χ0) is 11.9. The van der Waals surface area contributed by atoms with Crippen LogP contribution in [0.25, 0.3) is 0 Å². The predicted octanol–water partition coefficient (Wildman–Crippen LogP) is 2.00. The second kappa shape index (κ2) is 4.00. The molecule has 1 aliphatic rings. The molecule has 0 bridgehead atoms. The molecule has 0 spiro atoms. The minimum atomic E-state index is -1.31. The minimum absolute atomic E-state index is 0.0579. The Morgan fingerprint density at radius 1 is 1.62 bits per heavy atom. The zero-order valence-electron chi connectivity index (χ0n) is 9.63. The first kappa shape index (κ1) is 11.9. The van der Waals surface area contributed by atoms with Crippen molar-refractivity contribution in [3.8, 4) is 0 Å². The van der Waals surface area contributed by atoms with Gasteiger partial charge in [0.05, 0.1) is 5.69 Å². The van der Waals surface area contributed by atoms with Crippen LogP contribution in [0.2, 0.25) is 5.15 Å². The van der Waals surface area contributed by atoms with Crippen LogP contribution in [-0.2, 0) is 13.5 Å². The number of aryl methyl sites for hydroxylation is 2. The Kier molecular flexibility index (Phi) is 2.97. The van der Waals surface area contributed by atoms with Gasteiger partial charge in [-0.05, 0) is 25.7 Å². The Balaban J connectivity index is 2.25. The van der Waals surface area contributed by atoms with Crippen LogP contribution < -0.4 is 5.73 Å². The maximum Gasteiger partial charge on any atom is 0.130 e. The maximum absolute atomic E-state index is 14.5. The van der Waals surface area contributed by atoms with Gasteiger partial charge in [-0.3, -0.25) is 4.68 Å². The van der Waals surface area contributed by atoms with Gasteiger partial charge in [0.25, 0.3) is 0 Å². The lowest BCUT2D eigenvalue weighted by atomic mass is 9.92. The Hall–Kier alpha value is -0.610. The van der Waals surface area contributed by atoms with Gasteiger partial charge in [0, 0.05) is 25.6 Å². The highest BCUT2D eigenvalue weighted by Gasteiger charge is 2.45. The molecule has 1 aliphatic carbocycles. The lowest BCUT2D eigenvalue weighted by Gasteiger charge is -2.23. The van der Waals surface area contributed by atoms with Crippen molar-refractivity contribution in [2.24, 2.45) is 18.7 Å². The number of rotatable bonds is 4. The van der Waals surface area contributed by atoms with Crippen molar-refractivity contribution in [1.82, 2.24) is 9.78 Å². The van der Waals surface area contributed by atoms with Crippen molar-refractivity contribution in [2.45, 2.75) is 31.9 Å². The second-order valence-corrected chi connectivity index (χ2v) is 5.03. The van der Waals surface area contributed by atoms with E-state index in [9.17, 15) is 4.39 Å². The van der Waals surface area contributed by atoms with Gasteiger partial charge >= 0.3 is 0 Å². The fraction of sp³-hybridized carbons (Fsp3) is 0.727. The van der Waals surface area contributed by atoms with Crippen molar-refractivity contribution in [3.63, 3.8) is 0 Å². The van der Waals surface area contributed by atoms with Gasteiger partial charge < -0.3 is 5.73 Å². The monoisotopic (exact) mass is 245 g/mol. The molecule has 5 heteroatoms. The van der Waals surface area contributed by atoms with Crippen LogP contribution in [-0.4, -0.2) is 22.0 Å². The predicted molar refractivity (Wildman–Crippen MR) is 62.3 cm³/mol. The highest BCUT2D eigenvalue weighted by molar-refractivity contribution is 6.30. The molecule has 90 valence electrons. The van der Waals surface area contributed by atoms with E-state index in [1.165, 1.54) is 0 Å². The Bertz CT molecular complexity index is 400. The van der Waals surface area contributed by atoms with Crippen LogP contribution in [0, 0.1) is 12.8 Å². The van der Waals surface area contributed by atoms with Gasteiger partial charge in [-0.1, -0.05) is 11.6 Å².